The van der Waals surface area contributed by atoms with Crippen LogP contribution in [0.3, 0.4) is 0 Å². The minimum absolute atomic E-state index is 0.0658. The van der Waals surface area contributed by atoms with E-state index in [4.69, 9.17) is 0 Å². The van der Waals surface area contributed by atoms with Crippen LogP contribution in [0.5, 0.6) is 0 Å². The standard InChI is InChI=1S/C10H15F3N4/c1-16-9(14-7-15-16)6-17-4-2-3-8(5-17)10(11,12)13/h7-8H,2-6H2,1H3. The molecule has 0 saturated carbocycles. The van der Waals surface area contributed by atoms with E-state index in [-0.39, 0.29) is 13.0 Å². The van der Waals surface area contributed by atoms with Gasteiger partial charge >= 0.3 is 6.18 Å². The molecule has 1 fully saturated rings. The summed E-state index contributed by atoms with van der Waals surface area (Å²) in [6.07, 6.45) is -1.85. The van der Waals surface area contributed by atoms with Gasteiger partial charge in [-0.05, 0) is 19.4 Å². The van der Waals surface area contributed by atoms with Crippen molar-refractivity contribution in [3.05, 3.63) is 12.2 Å². The molecular weight excluding hydrogens is 233 g/mol. The van der Waals surface area contributed by atoms with Gasteiger partial charge in [-0.2, -0.15) is 18.3 Å². The monoisotopic (exact) mass is 248 g/mol. The van der Waals surface area contributed by atoms with Crippen molar-refractivity contribution in [3.8, 4) is 0 Å². The zero-order valence-corrected chi connectivity index (χ0v) is 9.61. The highest BCUT2D eigenvalue weighted by Gasteiger charge is 2.41. The molecule has 4 nitrogen and oxygen atoms in total. The van der Waals surface area contributed by atoms with Gasteiger partial charge in [0, 0.05) is 13.6 Å². The summed E-state index contributed by atoms with van der Waals surface area (Å²) in [6, 6.07) is 0. The van der Waals surface area contributed by atoms with E-state index in [0.717, 1.165) is 0 Å². The Hall–Kier alpha value is -1.11. The first-order chi connectivity index (χ1) is 7.97. The molecule has 0 radical (unpaired) electrons. The smallest absolute Gasteiger partial charge is 0.295 e. The lowest BCUT2D eigenvalue weighted by molar-refractivity contribution is -0.187. The van der Waals surface area contributed by atoms with Gasteiger partial charge in [0.05, 0.1) is 12.5 Å². The van der Waals surface area contributed by atoms with E-state index in [1.165, 1.54) is 6.33 Å². The number of piperidine rings is 1. The van der Waals surface area contributed by atoms with E-state index in [2.05, 4.69) is 10.1 Å². The van der Waals surface area contributed by atoms with Crippen LogP contribution in [-0.4, -0.2) is 38.9 Å². The maximum atomic E-state index is 12.6. The van der Waals surface area contributed by atoms with Crippen LogP contribution in [-0.2, 0) is 13.6 Å². The maximum Gasteiger partial charge on any atom is 0.393 e. The Kier molecular flexibility index (Phi) is 3.37. The normalized spacial score (nSPS) is 22.9. The number of alkyl halides is 3. The Morgan fingerprint density at radius 1 is 1.47 bits per heavy atom. The number of hydrogen-bond donors (Lipinski definition) is 0. The quantitative estimate of drug-likeness (QED) is 0.797. The van der Waals surface area contributed by atoms with Crippen LogP contribution in [0.25, 0.3) is 0 Å². The van der Waals surface area contributed by atoms with E-state index in [1.807, 2.05) is 0 Å². The molecule has 1 aliphatic rings. The lowest BCUT2D eigenvalue weighted by Crippen LogP contribution is -2.41. The van der Waals surface area contributed by atoms with E-state index < -0.39 is 12.1 Å². The summed E-state index contributed by atoms with van der Waals surface area (Å²) in [6.45, 7) is 1.19. The summed E-state index contributed by atoms with van der Waals surface area (Å²) in [7, 11) is 1.74. The first kappa shape index (κ1) is 12.3. The Morgan fingerprint density at radius 3 is 2.82 bits per heavy atom. The van der Waals surface area contributed by atoms with Crippen LogP contribution in [0.2, 0.25) is 0 Å². The van der Waals surface area contributed by atoms with Crippen molar-refractivity contribution in [2.45, 2.75) is 25.6 Å². The predicted molar refractivity (Wildman–Crippen MR) is 55.1 cm³/mol. The fraction of sp³-hybridized carbons (Fsp3) is 0.800. The number of aromatic nitrogens is 3. The molecule has 0 bridgehead atoms. The van der Waals surface area contributed by atoms with Gasteiger partial charge in [0.25, 0.3) is 0 Å². The van der Waals surface area contributed by atoms with Crippen LogP contribution in [0.15, 0.2) is 6.33 Å². The van der Waals surface area contributed by atoms with Crippen LogP contribution in [0.4, 0.5) is 13.2 Å². The van der Waals surface area contributed by atoms with E-state index >= 15 is 0 Å². The summed E-state index contributed by atoms with van der Waals surface area (Å²) in [5.74, 6) is -0.502. The molecule has 0 amide bonds. The van der Waals surface area contributed by atoms with Crippen molar-refractivity contribution in [1.29, 1.82) is 0 Å². The predicted octanol–water partition coefficient (Wildman–Crippen LogP) is 1.59. The van der Waals surface area contributed by atoms with Crippen molar-refractivity contribution < 1.29 is 13.2 Å². The molecule has 0 aromatic carbocycles. The Balaban J connectivity index is 1.96. The van der Waals surface area contributed by atoms with Crippen molar-refractivity contribution in [3.63, 3.8) is 0 Å². The molecular formula is C10H15F3N4. The minimum Gasteiger partial charge on any atom is -0.295 e. The highest BCUT2D eigenvalue weighted by Crippen LogP contribution is 2.33. The van der Waals surface area contributed by atoms with Gasteiger partial charge in [-0.3, -0.25) is 9.58 Å². The maximum absolute atomic E-state index is 12.6. The molecule has 2 heterocycles. The molecule has 7 heteroatoms. The first-order valence-corrected chi connectivity index (χ1v) is 5.59. The van der Waals surface area contributed by atoms with Gasteiger partial charge in [0.1, 0.15) is 12.2 Å². The highest BCUT2D eigenvalue weighted by atomic mass is 19.4. The van der Waals surface area contributed by atoms with E-state index in [9.17, 15) is 13.2 Å². The van der Waals surface area contributed by atoms with Crippen molar-refractivity contribution in [2.24, 2.45) is 13.0 Å². The summed E-state index contributed by atoms with van der Waals surface area (Å²) >= 11 is 0. The number of hydrogen-bond acceptors (Lipinski definition) is 3. The molecule has 0 aliphatic carbocycles. The molecule has 1 aliphatic heterocycles. The molecule has 0 spiro atoms. The summed E-state index contributed by atoms with van der Waals surface area (Å²) in [4.78, 5) is 5.82. The van der Waals surface area contributed by atoms with Crippen LogP contribution in [0.1, 0.15) is 18.7 Å². The number of nitrogens with zero attached hydrogens (tertiary/aromatic N) is 4. The van der Waals surface area contributed by atoms with Crippen molar-refractivity contribution in [1.82, 2.24) is 19.7 Å². The average molecular weight is 248 g/mol. The van der Waals surface area contributed by atoms with Crippen LogP contribution < -0.4 is 0 Å². The molecule has 96 valence electrons. The number of likely N-dealkylation sites (tertiary alicyclic amines) is 1. The van der Waals surface area contributed by atoms with Crippen LogP contribution >= 0.6 is 0 Å². The molecule has 1 atom stereocenters. The number of rotatable bonds is 2. The third-order valence-electron chi connectivity index (χ3n) is 3.14. The Bertz CT molecular complexity index is 374. The second-order valence-electron chi connectivity index (χ2n) is 4.42. The van der Waals surface area contributed by atoms with Gasteiger partial charge in [-0.15, -0.1) is 0 Å². The third kappa shape index (κ3) is 2.96. The van der Waals surface area contributed by atoms with Crippen molar-refractivity contribution in [2.75, 3.05) is 13.1 Å². The lowest BCUT2D eigenvalue weighted by atomic mass is 9.97. The minimum atomic E-state index is -4.08. The SMILES string of the molecule is Cn1ncnc1CN1CCCC(C(F)(F)F)C1. The molecule has 1 saturated heterocycles. The number of aryl methyl sites for hydroxylation is 1. The number of halogens is 3. The van der Waals surface area contributed by atoms with E-state index in [0.29, 0.717) is 25.3 Å². The molecule has 1 aromatic rings. The average Bonchev–Trinajstić information content (AvgIpc) is 2.64. The van der Waals surface area contributed by atoms with Gasteiger partial charge in [0.15, 0.2) is 0 Å². The Labute approximate surface area is 97.4 Å². The Morgan fingerprint density at radius 2 is 2.24 bits per heavy atom. The fourth-order valence-electron chi connectivity index (χ4n) is 2.13. The molecule has 2 rings (SSSR count). The molecule has 0 N–H and O–H groups in total. The third-order valence-corrected chi connectivity index (χ3v) is 3.14. The summed E-state index contributed by atoms with van der Waals surface area (Å²) in [5, 5.41) is 3.91. The zero-order chi connectivity index (χ0) is 12.5. The first-order valence-electron chi connectivity index (χ1n) is 5.59. The summed E-state index contributed by atoms with van der Waals surface area (Å²) < 4.78 is 39.4. The summed E-state index contributed by atoms with van der Waals surface area (Å²) in [5.41, 5.74) is 0. The lowest BCUT2D eigenvalue weighted by Gasteiger charge is -2.33. The van der Waals surface area contributed by atoms with Gasteiger partial charge in [0.2, 0.25) is 0 Å². The van der Waals surface area contributed by atoms with Gasteiger partial charge < -0.3 is 0 Å². The fourth-order valence-corrected chi connectivity index (χ4v) is 2.13. The van der Waals surface area contributed by atoms with Crippen LogP contribution in [0, 0.1) is 5.92 Å². The molecule has 1 unspecified atom stereocenters. The highest BCUT2D eigenvalue weighted by molar-refractivity contribution is 4.86. The van der Waals surface area contributed by atoms with E-state index in [1.54, 1.807) is 16.6 Å². The second-order valence-corrected chi connectivity index (χ2v) is 4.42. The van der Waals surface area contributed by atoms with Gasteiger partial charge in [-0.1, -0.05) is 0 Å². The molecule has 1 aromatic heterocycles. The second kappa shape index (κ2) is 4.64. The zero-order valence-electron chi connectivity index (χ0n) is 9.61. The van der Waals surface area contributed by atoms with Gasteiger partial charge in [-0.25, -0.2) is 4.98 Å². The molecule has 17 heavy (non-hydrogen) atoms. The topological polar surface area (TPSA) is 34.0 Å². The largest absolute Gasteiger partial charge is 0.393 e. The van der Waals surface area contributed by atoms with Crippen molar-refractivity contribution >= 4 is 0 Å².